The molecule has 108 valence electrons. The molecule has 1 aromatic carbocycles. The largest absolute Gasteiger partial charge is 0.445 e. The van der Waals surface area contributed by atoms with Gasteiger partial charge in [0.2, 0.25) is 0 Å². The highest BCUT2D eigenvalue weighted by atomic mass is 16.6. The second-order valence-electron chi connectivity index (χ2n) is 5.33. The minimum absolute atomic E-state index is 0.0377. The monoisotopic (exact) mass is 275 g/mol. The van der Waals surface area contributed by atoms with Gasteiger partial charge >= 0.3 is 6.09 Å². The molecule has 0 radical (unpaired) electrons. The van der Waals surface area contributed by atoms with E-state index in [-0.39, 0.29) is 30.3 Å². The summed E-state index contributed by atoms with van der Waals surface area (Å²) in [5, 5.41) is 0. The van der Waals surface area contributed by atoms with E-state index in [0.29, 0.717) is 13.1 Å². The molecule has 0 bridgehead atoms. The molecule has 20 heavy (non-hydrogen) atoms. The molecule has 1 aliphatic heterocycles. The van der Waals surface area contributed by atoms with Crippen molar-refractivity contribution in [2.45, 2.75) is 26.9 Å². The number of amides is 1. The molecule has 2 atom stereocenters. The van der Waals surface area contributed by atoms with Crippen LogP contribution in [0.2, 0.25) is 0 Å². The Hall–Kier alpha value is -1.84. The Morgan fingerprint density at radius 3 is 2.50 bits per heavy atom. The lowest BCUT2D eigenvalue weighted by molar-refractivity contribution is -0.121. The molecule has 2 rings (SSSR count). The predicted octanol–water partition coefficient (Wildman–Crippen LogP) is 2.87. The van der Waals surface area contributed by atoms with Crippen molar-refractivity contribution in [3.63, 3.8) is 0 Å². The topological polar surface area (TPSA) is 46.6 Å². The summed E-state index contributed by atoms with van der Waals surface area (Å²) >= 11 is 0. The van der Waals surface area contributed by atoms with Crippen molar-refractivity contribution in [1.82, 2.24) is 4.90 Å². The number of hydrogen-bond acceptors (Lipinski definition) is 3. The van der Waals surface area contributed by atoms with Gasteiger partial charge in [-0.3, -0.25) is 4.79 Å². The normalized spacial score (nSPS) is 21.8. The fraction of sp³-hybridized carbons (Fsp3) is 0.500. The maximum Gasteiger partial charge on any atom is 0.410 e. The number of hydrogen-bond donors (Lipinski definition) is 0. The molecule has 1 heterocycles. The molecule has 1 aromatic rings. The summed E-state index contributed by atoms with van der Waals surface area (Å²) in [4.78, 5) is 25.3. The number of ether oxygens (including phenoxy) is 1. The maximum absolute atomic E-state index is 12.0. The van der Waals surface area contributed by atoms with Crippen LogP contribution in [-0.4, -0.2) is 29.9 Å². The number of Topliss-reactive ketones (excluding diaryl/α,β-unsaturated/α-hetero) is 1. The molecule has 0 unspecified atom stereocenters. The minimum Gasteiger partial charge on any atom is -0.445 e. The van der Waals surface area contributed by atoms with Crippen LogP contribution in [0.5, 0.6) is 0 Å². The van der Waals surface area contributed by atoms with Crippen LogP contribution in [-0.2, 0) is 16.1 Å². The molecule has 1 aliphatic rings. The number of rotatable bonds is 4. The third kappa shape index (κ3) is 3.38. The molecule has 0 spiro atoms. The van der Waals surface area contributed by atoms with Gasteiger partial charge in [0.25, 0.3) is 0 Å². The number of nitrogens with zero attached hydrogens (tertiary/aromatic N) is 1. The van der Waals surface area contributed by atoms with E-state index >= 15 is 0 Å². The molecule has 1 fully saturated rings. The van der Waals surface area contributed by atoms with Crippen LogP contribution in [0.15, 0.2) is 30.3 Å². The number of likely N-dealkylation sites (tertiary alicyclic amines) is 1. The van der Waals surface area contributed by atoms with Crippen molar-refractivity contribution in [1.29, 1.82) is 0 Å². The van der Waals surface area contributed by atoms with Gasteiger partial charge in [-0.05, 0) is 18.4 Å². The van der Waals surface area contributed by atoms with E-state index in [9.17, 15) is 9.59 Å². The van der Waals surface area contributed by atoms with Gasteiger partial charge < -0.3 is 9.64 Å². The lowest BCUT2D eigenvalue weighted by Crippen LogP contribution is -2.30. The van der Waals surface area contributed by atoms with Crippen LogP contribution >= 0.6 is 0 Å². The fourth-order valence-corrected chi connectivity index (χ4v) is 2.71. The Morgan fingerprint density at radius 1 is 1.25 bits per heavy atom. The summed E-state index contributed by atoms with van der Waals surface area (Å²) in [6, 6.07) is 9.60. The van der Waals surface area contributed by atoms with E-state index in [1.54, 1.807) is 11.8 Å². The standard InChI is InChI=1S/C16H21NO3/c1-3-14-9-17(10-15(14)12(2)18)16(19)20-11-13-7-5-4-6-8-13/h4-8,14-15H,3,9-11H2,1-2H3/t14-,15-/m1/s1. The second-order valence-corrected chi connectivity index (χ2v) is 5.33. The smallest absolute Gasteiger partial charge is 0.410 e. The average molecular weight is 275 g/mol. The van der Waals surface area contributed by atoms with E-state index in [1.807, 2.05) is 30.3 Å². The van der Waals surface area contributed by atoms with E-state index in [1.165, 1.54) is 0 Å². The van der Waals surface area contributed by atoms with Crippen molar-refractivity contribution >= 4 is 11.9 Å². The lowest BCUT2D eigenvalue weighted by Gasteiger charge is -2.16. The molecule has 0 saturated carbocycles. The fourth-order valence-electron chi connectivity index (χ4n) is 2.71. The first-order valence-electron chi connectivity index (χ1n) is 7.08. The predicted molar refractivity (Wildman–Crippen MR) is 76.2 cm³/mol. The van der Waals surface area contributed by atoms with Crippen LogP contribution in [0.4, 0.5) is 4.79 Å². The first kappa shape index (κ1) is 14.6. The van der Waals surface area contributed by atoms with Crippen LogP contribution < -0.4 is 0 Å². The zero-order chi connectivity index (χ0) is 14.5. The van der Waals surface area contributed by atoms with Gasteiger partial charge in [-0.2, -0.15) is 0 Å². The van der Waals surface area contributed by atoms with Crippen LogP contribution in [0.1, 0.15) is 25.8 Å². The second kappa shape index (κ2) is 6.55. The molecule has 4 heteroatoms. The molecule has 1 saturated heterocycles. The van der Waals surface area contributed by atoms with Gasteiger partial charge in [-0.25, -0.2) is 4.79 Å². The summed E-state index contributed by atoms with van der Waals surface area (Å²) in [6.45, 7) is 5.04. The zero-order valence-electron chi connectivity index (χ0n) is 12.0. The van der Waals surface area contributed by atoms with Gasteiger partial charge in [0.15, 0.2) is 0 Å². The highest BCUT2D eigenvalue weighted by Gasteiger charge is 2.37. The molecule has 0 N–H and O–H groups in total. The third-order valence-electron chi connectivity index (χ3n) is 3.95. The Labute approximate surface area is 119 Å². The first-order valence-corrected chi connectivity index (χ1v) is 7.08. The maximum atomic E-state index is 12.0. The Morgan fingerprint density at radius 2 is 1.95 bits per heavy atom. The van der Waals surface area contributed by atoms with E-state index in [4.69, 9.17) is 4.74 Å². The summed E-state index contributed by atoms with van der Waals surface area (Å²) in [6.07, 6.45) is 0.586. The van der Waals surface area contributed by atoms with Gasteiger partial charge in [0, 0.05) is 19.0 Å². The number of ketones is 1. The molecular formula is C16H21NO3. The van der Waals surface area contributed by atoms with Crippen molar-refractivity contribution in [2.75, 3.05) is 13.1 Å². The lowest BCUT2D eigenvalue weighted by atomic mass is 9.91. The number of carbonyl (C=O) groups excluding carboxylic acids is 2. The summed E-state index contributed by atoms with van der Waals surface area (Å²) in [5.74, 6) is 0.385. The highest BCUT2D eigenvalue weighted by Crippen LogP contribution is 2.27. The van der Waals surface area contributed by atoms with Crippen molar-refractivity contribution in [3.8, 4) is 0 Å². The van der Waals surface area contributed by atoms with Crippen molar-refractivity contribution < 1.29 is 14.3 Å². The summed E-state index contributed by atoms with van der Waals surface area (Å²) in [7, 11) is 0. The van der Waals surface area contributed by atoms with Crippen molar-refractivity contribution in [2.24, 2.45) is 11.8 Å². The molecule has 4 nitrogen and oxygen atoms in total. The van der Waals surface area contributed by atoms with Gasteiger partial charge in [-0.15, -0.1) is 0 Å². The molecular weight excluding hydrogens is 254 g/mol. The first-order chi connectivity index (χ1) is 9.61. The SMILES string of the molecule is CC[C@@H]1CN(C(=O)OCc2ccccc2)C[C@@H]1C(C)=O. The summed E-state index contributed by atoms with van der Waals surface area (Å²) < 4.78 is 5.31. The van der Waals surface area contributed by atoms with Gasteiger partial charge in [-0.1, -0.05) is 43.7 Å². The van der Waals surface area contributed by atoms with Crippen LogP contribution in [0.3, 0.4) is 0 Å². The van der Waals surface area contributed by atoms with Gasteiger partial charge in [0.1, 0.15) is 12.4 Å². The van der Waals surface area contributed by atoms with E-state index in [2.05, 4.69) is 6.92 Å². The highest BCUT2D eigenvalue weighted by molar-refractivity contribution is 5.80. The van der Waals surface area contributed by atoms with Crippen LogP contribution in [0, 0.1) is 11.8 Å². The van der Waals surface area contributed by atoms with E-state index in [0.717, 1.165) is 12.0 Å². The number of benzene rings is 1. The average Bonchev–Trinajstić information content (AvgIpc) is 2.90. The van der Waals surface area contributed by atoms with Gasteiger partial charge in [0.05, 0.1) is 0 Å². The Balaban J connectivity index is 1.89. The zero-order valence-corrected chi connectivity index (χ0v) is 12.0. The molecule has 1 amide bonds. The molecule has 0 aromatic heterocycles. The Kier molecular flexibility index (Phi) is 4.77. The number of carbonyl (C=O) groups is 2. The third-order valence-corrected chi connectivity index (χ3v) is 3.95. The quantitative estimate of drug-likeness (QED) is 0.849. The van der Waals surface area contributed by atoms with Crippen LogP contribution in [0.25, 0.3) is 0 Å². The molecule has 0 aliphatic carbocycles. The summed E-state index contributed by atoms with van der Waals surface area (Å²) in [5.41, 5.74) is 0.968. The van der Waals surface area contributed by atoms with E-state index < -0.39 is 0 Å². The minimum atomic E-state index is -0.323. The Bertz CT molecular complexity index is 472. The van der Waals surface area contributed by atoms with Crippen molar-refractivity contribution in [3.05, 3.63) is 35.9 Å².